The van der Waals surface area contributed by atoms with Gasteiger partial charge in [0, 0.05) is 36.4 Å². The average Bonchev–Trinajstić information content (AvgIpc) is 2.76. The van der Waals surface area contributed by atoms with E-state index in [-0.39, 0.29) is 0 Å². The number of ether oxygens (including phenoxy) is 1. The highest BCUT2D eigenvalue weighted by Gasteiger charge is 2.22. The van der Waals surface area contributed by atoms with Crippen molar-refractivity contribution in [3.05, 3.63) is 17.5 Å². The summed E-state index contributed by atoms with van der Waals surface area (Å²) in [7, 11) is 0. The van der Waals surface area contributed by atoms with Crippen molar-refractivity contribution in [1.29, 1.82) is 0 Å². The molecule has 98 valence electrons. The number of aromatic nitrogens is 2. The summed E-state index contributed by atoms with van der Waals surface area (Å²) in [5.41, 5.74) is 2.29. The van der Waals surface area contributed by atoms with Crippen LogP contribution in [0.2, 0.25) is 0 Å². The van der Waals surface area contributed by atoms with Gasteiger partial charge in [-0.25, -0.2) is 9.97 Å². The fraction of sp³-hybridized carbons (Fsp3) is 0.714. The second-order valence-corrected chi connectivity index (χ2v) is 5.50. The van der Waals surface area contributed by atoms with Crippen molar-refractivity contribution >= 4 is 5.95 Å². The van der Waals surface area contributed by atoms with E-state index in [1.54, 1.807) is 0 Å². The predicted octanol–water partition coefficient (Wildman–Crippen LogP) is 2.50. The van der Waals surface area contributed by atoms with Crippen LogP contribution in [0.4, 0.5) is 5.95 Å². The van der Waals surface area contributed by atoms with Crippen LogP contribution >= 0.6 is 0 Å². The molecule has 1 N–H and O–H groups in total. The highest BCUT2D eigenvalue weighted by Crippen LogP contribution is 2.35. The van der Waals surface area contributed by atoms with Gasteiger partial charge in [0.25, 0.3) is 0 Å². The Balaban J connectivity index is 1.64. The van der Waals surface area contributed by atoms with Crippen LogP contribution in [-0.4, -0.2) is 29.7 Å². The molecule has 1 unspecified atom stereocenters. The summed E-state index contributed by atoms with van der Waals surface area (Å²) in [4.78, 5) is 9.13. The van der Waals surface area contributed by atoms with Crippen LogP contribution in [0.15, 0.2) is 6.07 Å². The highest BCUT2D eigenvalue weighted by atomic mass is 16.5. The molecule has 2 aliphatic rings. The maximum atomic E-state index is 5.38. The summed E-state index contributed by atoms with van der Waals surface area (Å²) in [6.45, 7) is 4.74. The maximum Gasteiger partial charge on any atom is 0.223 e. The molecule has 1 aliphatic heterocycles. The smallest absolute Gasteiger partial charge is 0.223 e. The van der Waals surface area contributed by atoms with Gasteiger partial charge >= 0.3 is 0 Å². The van der Waals surface area contributed by atoms with E-state index in [1.165, 1.54) is 25.0 Å². The lowest BCUT2D eigenvalue weighted by Crippen LogP contribution is -2.18. The molecule has 2 heterocycles. The summed E-state index contributed by atoms with van der Waals surface area (Å²) in [6, 6.07) is 2.13. The van der Waals surface area contributed by atoms with Crippen molar-refractivity contribution in [2.45, 2.75) is 38.5 Å². The van der Waals surface area contributed by atoms with E-state index in [1.807, 2.05) is 6.92 Å². The van der Waals surface area contributed by atoms with Crippen LogP contribution in [-0.2, 0) is 4.74 Å². The Labute approximate surface area is 108 Å². The molecule has 0 radical (unpaired) electrons. The summed E-state index contributed by atoms with van der Waals surface area (Å²) in [6.07, 6.45) is 5.06. The van der Waals surface area contributed by atoms with Crippen LogP contribution in [0.1, 0.15) is 43.0 Å². The molecule has 1 aliphatic carbocycles. The minimum Gasteiger partial charge on any atom is -0.381 e. The number of aryl methyl sites for hydroxylation is 1. The van der Waals surface area contributed by atoms with Gasteiger partial charge in [-0.15, -0.1) is 0 Å². The molecular formula is C14H21N3O. The van der Waals surface area contributed by atoms with Crippen LogP contribution in [0, 0.1) is 12.8 Å². The number of hydrogen-bond donors (Lipinski definition) is 1. The van der Waals surface area contributed by atoms with E-state index in [0.717, 1.165) is 37.8 Å². The topological polar surface area (TPSA) is 47.0 Å². The monoisotopic (exact) mass is 247 g/mol. The zero-order valence-corrected chi connectivity index (χ0v) is 11.0. The van der Waals surface area contributed by atoms with Gasteiger partial charge in [-0.05, 0) is 32.3 Å². The number of nitrogens with zero attached hydrogens (tertiary/aromatic N) is 2. The van der Waals surface area contributed by atoms with Gasteiger partial charge in [-0.2, -0.15) is 0 Å². The van der Waals surface area contributed by atoms with Crippen molar-refractivity contribution in [2.75, 3.05) is 25.1 Å². The largest absolute Gasteiger partial charge is 0.381 e. The van der Waals surface area contributed by atoms with Crippen LogP contribution < -0.4 is 5.32 Å². The van der Waals surface area contributed by atoms with E-state index in [9.17, 15) is 0 Å². The molecule has 1 saturated heterocycles. The molecular weight excluding hydrogens is 226 g/mol. The molecule has 0 spiro atoms. The second kappa shape index (κ2) is 5.22. The van der Waals surface area contributed by atoms with Crippen molar-refractivity contribution in [2.24, 2.45) is 5.92 Å². The lowest BCUT2D eigenvalue weighted by molar-refractivity contribution is 0.187. The minimum absolute atomic E-state index is 0.612. The summed E-state index contributed by atoms with van der Waals surface area (Å²) < 4.78 is 5.38. The summed E-state index contributed by atoms with van der Waals surface area (Å²) in [5.74, 6) is 2.08. The molecule has 1 saturated carbocycles. The lowest BCUT2D eigenvalue weighted by atomic mass is 9.83. The third-order valence-corrected chi connectivity index (χ3v) is 3.97. The number of nitrogens with one attached hydrogen (secondary N) is 1. The highest BCUT2D eigenvalue weighted by molar-refractivity contribution is 5.30. The molecule has 4 nitrogen and oxygen atoms in total. The molecule has 4 heteroatoms. The first-order chi connectivity index (χ1) is 8.81. The first-order valence-electron chi connectivity index (χ1n) is 6.98. The van der Waals surface area contributed by atoms with E-state index >= 15 is 0 Å². The Bertz CT molecular complexity index is 412. The second-order valence-electron chi connectivity index (χ2n) is 5.50. The van der Waals surface area contributed by atoms with Crippen molar-refractivity contribution in [3.63, 3.8) is 0 Å². The molecule has 1 aromatic rings. The maximum absolute atomic E-state index is 5.38. The van der Waals surface area contributed by atoms with Gasteiger partial charge in [0.2, 0.25) is 5.95 Å². The van der Waals surface area contributed by atoms with Crippen molar-refractivity contribution < 1.29 is 4.74 Å². The van der Waals surface area contributed by atoms with E-state index in [2.05, 4.69) is 21.4 Å². The van der Waals surface area contributed by atoms with Crippen LogP contribution in [0.25, 0.3) is 0 Å². The average molecular weight is 247 g/mol. The summed E-state index contributed by atoms with van der Waals surface area (Å²) in [5, 5.41) is 3.37. The number of anilines is 1. The Morgan fingerprint density at radius 3 is 2.89 bits per heavy atom. The van der Waals surface area contributed by atoms with Crippen LogP contribution in [0.3, 0.4) is 0 Å². The fourth-order valence-electron chi connectivity index (χ4n) is 2.57. The van der Waals surface area contributed by atoms with Gasteiger partial charge in [0.05, 0.1) is 6.61 Å². The van der Waals surface area contributed by atoms with Crippen molar-refractivity contribution in [1.82, 2.24) is 9.97 Å². The third kappa shape index (κ3) is 2.64. The fourth-order valence-corrected chi connectivity index (χ4v) is 2.57. The SMILES string of the molecule is Cc1cc(C2CCC2)nc(NCC2CCOC2)n1. The molecule has 0 amide bonds. The van der Waals surface area contributed by atoms with Gasteiger partial charge in [0.15, 0.2) is 0 Å². The molecule has 18 heavy (non-hydrogen) atoms. The van der Waals surface area contributed by atoms with E-state index in [4.69, 9.17) is 4.74 Å². The first kappa shape index (κ1) is 11.9. The molecule has 0 bridgehead atoms. The Morgan fingerprint density at radius 1 is 1.33 bits per heavy atom. The first-order valence-corrected chi connectivity index (χ1v) is 6.98. The zero-order chi connectivity index (χ0) is 12.4. The van der Waals surface area contributed by atoms with Gasteiger partial charge < -0.3 is 10.1 Å². The number of rotatable bonds is 4. The Kier molecular flexibility index (Phi) is 3.46. The Hall–Kier alpha value is -1.16. The van der Waals surface area contributed by atoms with Crippen LogP contribution in [0.5, 0.6) is 0 Å². The molecule has 2 fully saturated rings. The van der Waals surface area contributed by atoms with Gasteiger partial charge in [0.1, 0.15) is 0 Å². The van der Waals surface area contributed by atoms with E-state index < -0.39 is 0 Å². The lowest BCUT2D eigenvalue weighted by Gasteiger charge is -2.25. The zero-order valence-electron chi connectivity index (χ0n) is 11.0. The molecule has 0 aromatic carbocycles. The minimum atomic E-state index is 0.612. The number of hydrogen-bond acceptors (Lipinski definition) is 4. The van der Waals surface area contributed by atoms with E-state index in [0.29, 0.717) is 11.8 Å². The Morgan fingerprint density at radius 2 is 2.22 bits per heavy atom. The normalized spacial score (nSPS) is 23.9. The van der Waals surface area contributed by atoms with Gasteiger partial charge in [-0.3, -0.25) is 0 Å². The van der Waals surface area contributed by atoms with Gasteiger partial charge in [-0.1, -0.05) is 6.42 Å². The predicted molar refractivity (Wildman–Crippen MR) is 70.8 cm³/mol. The van der Waals surface area contributed by atoms with Crippen molar-refractivity contribution in [3.8, 4) is 0 Å². The third-order valence-electron chi connectivity index (χ3n) is 3.97. The standard InChI is InChI=1S/C14H21N3O/c1-10-7-13(12-3-2-4-12)17-14(16-10)15-8-11-5-6-18-9-11/h7,11-12H,2-6,8-9H2,1H3,(H,15,16,17). The summed E-state index contributed by atoms with van der Waals surface area (Å²) >= 11 is 0. The molecule has 3 rings (SSSR count). The molecule has 1 aromatic heterocycles. The quantitative estimate of drug-likeness (QED) is 0.888. The molecule has 1 atom stereocenters.